The minimum absolute atomic E-state index is 0.0248. The molecule has 1 amide bonds. The maximum atomic E-state index is 13.2. The lowest BCUT2D eigenvalue weighted by Gasteiger charge is -2.26. The Morgan fingerprint density at radius 1 is 1.06 bits per heavy atom. The molecule has 0 aliphatic carbocycles. The van der Waals surface area contributed by atoms with Gasteiger partial charge >= 0.3 is 0 Å². The van der Waals surface area contributed by atoms with Crippen LogP contribution < -0.4 is 10.1 Å². The first-order chi connectivity index (χ1) is 15.4. The van der Waals surface area contributed by atoms with Crippen LogP contribution in [-0.2, 0) is 10.0 Å². The van der Waals surface area contributed by atoms with Crippen molar-refractivity contribution in [3.8, 4) is 17.0 Å². The second-order valence-electron chi connectivity index (χ2n) is 7.73. The summed E-state index contributed by atoms with van der Waals surface area (Å²) in [6.07, 6.45) is 2.67. The number of hydrogen-bond donors (Lipinski definition) is 1. The molecule has 0 atom stereocenters. The average Bonchev–Trinajstić information content (AvgIpc) is 3.30. The topological polar surface area (TPSA) is 102 Å². The van der Waals surface area contributed by atoms with Gasteiger partial charge in [-0.2, -0.15) is 4.31 Å². The molecule has 0 bridgehead atoms. The van der Waals surface area contributed by atoms with Gasteiger partial charge < -0.3 is 14.6 Å². The number of rotatable bonds is 6. The largest absolute Gasteiger partial charge is 0.495 e. The van der Waals surface area contributed by atoms with Gasteiger partial charge in [-0.25, -0.2) is 8.42 Å². The van der Waals surface area contributed by atoms with Crippen molar-refractivity contribution in [1.29, 1.82) is 0 Å². The Labute approximate surface area is 187 Å². The van der Waals surface area contributed by atoms with Gasteiger partial charge in [0.1, 0.15) is 16.3 Å². The van der Waals surface area contributed by atoms with Crippen molar-refractivity contribution in [2.24, 2.45) is 0 Å². The van der Waals surface area contributed by atoms with Crippen LogP contribution in [0.25, 0.3) is 11.3 Å². The van der Waals surface area contributed by atoms with Crippen molar-refractivity contribution in [3.05, 3.63) is 59.9 Å². The van der Waals surface area contributed by atoms with E-state index in [-0.39, 0.29) is 16.4 Å². The van der Waals surface area contributed by atoms with Crippen molar-refractivity contribution >= 4 is 21.6 Å². The molecule has 1 N–H and O–H groups in total. The normalized spacial score (nSPS) is 14.8. The van der Waals surface area contributed by atoms with E-state index in [1.165, 1.54) is 23.5 Å². The van der Waals surface area contributed by atoms with Crippen molar-refractivity contribution in [1.82, 2.24) is 9.46 Å². The number of carbonyl (C=O) groups is 1. The fourth-order valence-electron chi connectivity index (χ4n) is 3.64. The zero-order chi connectivity index (χ0) is 22.7. The molecule has 1 aromatic heterocycles. The molecule has 2 aromatic carbocycles. The molecule has 8 nitrogen and oxygen atoms in total. The molecule has 9 heteroatoms. The predicted octanol–water partition coefficient (Wildman–Crippen LogP) is 4.09. The highest BCUT2D eigenvalue weighted by molar-refractivity contribution is 7.89. The Kier molecular flexibility index (Phi) is 6.29. The second-order valence-corrected chi connectivity index (χ2v) is 9.63. The van der Waals surface area contributed by atoms with Gasteiger partial charge in [0.25, 0.3) is 5.91 Å². The minimum atomic E-state index is -3.74. The molecular weight excluding hydrogens is 430 g/mol. The lowest BCUT2D eigenvalue weighted by atomic mass is 10.1. The highest BCUT2D eigenvalue weighted by atomic mass is 32.2. The summed E-state index contributed by atoms with van der Waals surface area (Å²) in [7, 11) is -2.32. The van der Waals surface area contributed by atoms with Crippen LogP contribution in [0.3, 0.4) is 0 Å². The average molecular weight is 456 g/mol. The van der Waals surface area contributed by atoms with E-state index in [0.29, 0.717) is 24.5 Å². The molecule has 0 radical (unpaired) electrons. The van der Waals surface area contributed by atoms with Crippen LogP contribution in [0.15, 0.2) is 57.9 Å². The van der Waals surface area contributed by atoms with E-state index in [1.54, 1.807) is 12.1 Å². The number of aromatic nitrogens is 1. The monoisotopic (exact) mass is 455 g/mol. The van der Waals surface area contributed by atoms with Gasteiger partial charge in [0, 0.05) is 30.4 Å². The Bertz CT molecular complexity index is 1210. The number of nitrogens with zero attached hydrogens (tertiary/aromatic N) is 2. The van der Waals surface area contributed by atoms with E-state index in [1.807, 2.05) is 31.2 Å². The van der Waals surface area contributed by atoms with Gasteiger partial charge in [0.15, 0.2) is 0 Å². The van der Waals surface area contributed by atoms with E-state index in [2.05, 4.69) is 10.5 Å². The summed E-state index contributed by atoms with van der Waals surface area (Å²) >= 11 is 0. The lowest BCUT2D eigenvalue weighted by Crippen LogP contribution is -2.35. The Hall–Kier alpha value is -3.17. The number of carbonyl (C=O) groups excluding carboxylic acids is 1. The van der Waals surface area contributed by atoms with E-state index in [9.17, 15) is 13.2 Å². The second kappa shape index (κ2) is 9.13. The maximum Gasteiger partial charge on any atom is 0.294 e. The highest BCUT2D eigenvalue weighted by Gasteiger charge is 2.29. The molecule has 168 valence electrons. The fraction of sp³-hybridized carbons (Fsp3) is 0.304. The lowest BCUT2D eigenvalue weighted by molar-refractivity contribution is 0.0988. The zero-order valence-electron chi connectivity index (χ0n) is 18.0. The van der Waals surface area contributed by atoms with Crippen LogP contribution in [-0.4, -0.2) is 44.0 Å². The van der Waals surface area contributed by atoms with Gasteiger partial charge in [-0.15, -0.1) is 0 Å². The van der Waals surface area contributed by atoms with E-state index in [4.69, 9.17) is 9.26 Å². The van der Waals surface area contributed by atoms with Gasteiger partial charge in [-0.05, 0) is 38.0 Å². The van der Waals surface area contributed by atoms with Gasteiger partial charge in [0.05, 0.1) is 7.11 Å². The number of piperidine rings is 1. The van der Waals surface area contributed by atoms with Crippen molar-refractivity contribution in [2.45, 2.75) is 31.1 Å². The number of benzene rings is 2. The Morgan fingerprint density at radius 2 is 1.78 bits per heavy atom. The van der Waals surface area contributed by atoms with Crippen LogP contribution >= 0.6 is 0 Å². The summed E-state index contributed by atoms with van der Waals surface area (Å²) < 4.78 is 38.3. The fourth-order valence-corrected chi connectivity index (χ4v) is 5.33. The standard InChI is InChI=1S/C23H25N3O5S/c1-16-6-8-17(9-7-16)19-15-21(31-25-19)23(27)24-18-10-11-20(30-2)22(14-18)32(28,29)26-12-4-3-5-13-26/h6-11,14-15H,3-5,12-13H2,1-2H3,(H,24,27). The maximum absolute atomic E-state index is 13.2. The van der Waals surface area contributed by atoms with E-state index >= 15 is 0 Å². The first kappa shape index (κ1) is 22.0. The van der Waals surface area contributed by atoms with Crippen LogP contribution in [0.4, 0.5) is 5.69 Å². The number of sulfonamides is 1. The molecule has 1 fully saturated rings. The van der Waals surface area contributed by atoms with Gasteiger partial charge in [-0.3, -0.25) is 4.79 Å². The van der Waals surface area contributed by atoms with Crippen molar-refractivity contribution in [3.63, 3.8) is 0 Å². The third-order valence-electron chi connectivity index (χ3n) is 5.44. The molecule has 3 aromatic rings. The predicted molar refractivity (Wildman–Crippen MR) is 120 cm³/mol. The van der Waals surface area contributed by atoms with Crippen molar-refractivity contribution < 1.29 is 22.5 Å². The van der Waals surface area contributed by atoms with Crippen molar-refractivity contribution in [2.75, 3.05) is 25.5 Å². The third-order valence-corrected chi connectivity index (χ3v) is 7.36. The number of ether oxygens (including phenoxy) is 1. The molecule has 0 saturated carbocycles. The molecular formula is C23H25N3O5S. The number of amides is 1. The first-order valence-electron chi connectivity index (χ1n) is 10.4. The highest BCUT2D eigenvalue weighted by Crippen LogP contribution is 2.31. The summed E-state index contributed by atoms with van der Waals surface area (Å²) in [6.45, 7) is 2.93. The SMILES string of the molecule is COc1ccc(NC(=O)c2cc(-c3ccc(C)cc3)no2)cc1S(=O)(=O)N1CCCCC1. The van der Waals surface area contributed by atoms with Gasteiger partial charge in [0.2, 0.25) is 15.8 Å². The van der Waals surface area contributed by atoms with E-state index in [0.717, 1.165) is 30.4 Å². The van der Waals surface area contributed by atoms with Gasteiger partial charge in [-0.1, -0.05) is 41.4 Å². The Morgan fingerprint density at radius 3 is 2.47 bits per heavy atom. The minimum Gasteiger partial charge on any atom is -0.495 e. The smallest absolute Gasteiger partial charge is 0.294 e. The summed E-state index contributed by atoms with van der Waals surface area (Å²) in [6, 6.07) is 13.8. The summed E-state index contributed by atoms with van der Waals surface area (Å²) in [5.74, 6) is -0.269. The number of nitrogens with one attached hydrogen (secondary N) is 1. The Balaban J connectivity index is 1.56. The summed E-state index contributed by atoms with van der Waals surface area (Å²) in [5, 5.41) is 6.65. The molecule has 1 aliphatic rings. The zero-order valence-corrected chi connectivity index (χ0v) is 18.8. The number of anilines is 1. The molecule has 1 aliphatic heterocycles. The van der Waals surface area contributed by atoms with Crippen LogP contribution in [0.1, 0.15) is 35.4 Å². The van der Waals surface area contributed by atoms with E-state index < -0.39 is 15.9 Å². The summed E-state index contributed by atoms with van der Waals surface area (Å²) in [4.78, 5) is 12.7. The van der Waals surface area contributed by atoms with Crippen LogP contribution in [0.2, 0.25) is 0 Å². The third kappa shape index (κ3) is 4.53. The molecule has 32 heavy (non-hydrogen) atoms. The molecule has 0 unspecified atom stereocenters. The molecule has 2 heterocycles. The molecule has 4 rings (SSSR count). The first-order valence-corrected chi connectivity index (χ1v) is 11.9. The molecule has 0 spiro atoms. The van der Waals surface area contributed by atoms with Crippen LogP contribution in [0.5, 0.6) is 5.75 Å². The number of methoxy groups -OCH3 is 1. The number of aryl methyl sites for hydroxylation is 1. The number of hydrogen-bond acceptors (Lipinski definition) is 6. The summed E-state index contributed by atoms with van der Waals surface area (Å²) in [5.41, 5.74) is 2.81. The quantitative estimate of drug-likeness (QED) is 0.601. The molecule has 1 saturated heterocycles. The van der Waals surface area contributed by atoms with Crippen LogP contribution in [0, 0.1) is 6.92 Å².